The van der Waals surface area contributed by atoms with Crippen molar-refractivity contribution in [2.24, 2.45) is 17.3 Å². The highest BCUT2D eigenvalue weighted by molar-refractivity contribution is 5.95. The largest absolute Gasteiger partial charge is 0.496 e. The van der Waals surface area contributed by atoms with Crippen LogP contribution < -0.4 is 9.64 Å². The van der Waals surface area contributed by atoms with Gasteiger partial charge in [-0.3, -0.25) is 14.5 Å². The number of esters is 3. The number of hydrogen-bond donors (Lipinski definition) is 3. The molecule has 5 aliphatic heterocycles. The molecule has 6 heterocycles. The zero-order valence-corrected chi connectivity index (χ0v) is 35.8. The number of piperidine rings is 1. The van der Waals surface area contributed by atoms with Gasteiger partial charge in [-0.1, -0.05) is 37.3 Å². The van der Waals surface area contributed by atoms with Gasteiger partial charge >= 0.3 is 17.9 Å². The van der Waals surface area contributed by atoms with Gasteiger partial charge in [0.2, 0.25) is 11.5 Å². The molecule has 61 heavy (non-hydrogen) atoms. The van der Waals surface area contributed by atoms with Gasteiger partial charge in [-0.25, -0.2) is 13.6 Å². The Balaban J connectivity index is 1.38. The lowest BCUT2D eigenvalue weighted by Gasteiger charge is -2.66. The Morgan fingerprint density at radius 3 is 2.43 bits per heavy atom. The van der Waals surface area contributed by atoms with E-state index in [1.54, 1.807) is 13.1 Å². The first kappa shape index (κ1) is 41.8. The molecule has 3 fully saturated rings. The number of halogens is 2. The summed E-state index contributed by atoms with van der Waals surface area (Å²) in [6.07, 6.45) is 3.52. The number of rotatable bonds is 7. The van der Waals surface area contributed by atoms with Crippen molar-refractivity contribution in [3.8, 4) is 5.75 Å². The first-order valence-corrected chi connectivity index (χ1v) is 21.3. The zero-order chi connectivity index (χ0) is 43.7. The van der Waals surface area contributed by atoms with E-state index in [-0.39, 0.29) is 31.6 Å². The van der Waals surface area contributed by atoms with Crippen LogP contribution in [0.3, 0.4) is 0 Å². The zero-order valence-electron chi connectivity index (χ0n) is 35.8. The number of aromatic nitrogens is 1. The molecule has 328 valence electrons. The first-order chi connectivity index (χ1) is 28.9. The maximum Gasteiger partial charge on any atom is 0.347 e. The number of alkyl halides is 2. The minimum Gasteiger partial charge on any atom is -0.496 e. The summed E-state index contributed by atoms with van der Waals surface area (Å²) >= 11 is 0. The molecule has 15 heteroatoms. The number of anilines is 1. The van der Waals surface area contributed by atoms with Crippen LogP contribution in [0.5, 0.6) is 5.75 Å². The van der Waals surface area contributed by atoms with Crippen molar-refractivity contribution in [1.29, 1.82) is 0 Å². The van der Waals surface area contributed by atoms with E-state index >= 15 is 13.6 Å². The molecule has 1 aliphatic carbocycles. The van der Waals surface area contributed by atoms with Crippen LogP contribution >= 0.6 is 0 Å². The van der Waals surface area contributed by atoms with Gasteiger partial charge in [0.05, 0.1) is 26.7 Å². The van der Waals surface area contributed by atoms with E-state index in [0.717, 1.165) is 30.5 Å². The molecule has 13 nitrogen and oxygen atoms in total. The molecule has 2 bridgehead atoms. The third-order valence-corrected chi connectivity index (χ3v) is 15.8. The van der Waals surface area contributed by atoms with Gasteiger partial charge in [0.15, 0.2) is 11.8 Å². The highest BCUT2D eigenvalue weighted by atomic mass is 19.3. The summed E-state index contributed by atoms with van der Waals surface area (Å²) in [6, 6.07) is 10.7. The molecule has 0 radical (unpaired) electrons. The van der Waals surface area contributed by atoms with Gasteiger partial charge in [-0.2, -0.15) is 0 Å². The molecular formula is C46H56F2N4O9. The number of aliphatic hydroxyl groups is 2. The van der Waals surface area contributed by atoms with Crippen molar-refractivity contribution < 1.29 is 52.3 Å². The van der Waals surface area contributed by atoms with E-state index in [2.05, 4.69) is 14.8 Å². The standard InChI is InChI=1S/C46H56F2N4O9/c1-8-42-15-11-17-52-19-16-44(37(42)52)31-21-32(35(58-5)22-34(31)50(4)46(44,57)45(56,40(55)60-7)38(42)61-26(2)53)43(39(54)59-6)23-27-20-28(41(3,47)48)25-51(24-27)18-14-30-29-12-9-10-13-33(29)49-36(30)43/h9-13,15,21-22,27-28,37-38,49,56-57H,8,14,16-20,23-25H2,1-7H3/t27?,28?,37-,38+,42+,43-,44+,45?,46-/m0/s1. The SMILES string of the molecule is CC[C@]12C=CCN3CC[C@@]4(c5cc([C@@]6(C(=O)OC)CC7CC(C(C)(F)F)CN(CCc8c6[nH]c6ccccc86)C7)c(OC)cc5N(C)[C@@]4(O)C(O)(C(=O)OC)[C@@H]1OC(C)=O)[C@@H]32. The van der Waals surface area contributed by atoms with Crippen LogP contribution in [0.4, 0.5) is 14.5 Å². The fourth-order valence-electron chi connectivity index (χ4n) is 13.4. The molecule has 10 atom stereocenters. The van der Waals surface area contributed by atoms with Crippen LogP contribution in [-0.4, -0.2) is 133 Å². The maximum atomic E-state index is 15.4. The van der Waals surface area contributed by atoms with Crippen LogP contribution in [0, 0.1) is 17.3 Å². The highest BCUT2D eigenvalue weighted by Gasteiger charge is 2.87. The Hall–Kier alpha value is -4.57. The smallest absolute Gasteiger partial charge is 0.347 e. The molecule has 3 N–H and O–H groups in total. The predicted molar refractivity (Wildman–Crippen MR) is 220 cm³/mol. The number of para-hydroxylation sites is 1. The van der Waals surface area contributed by atoms with Gasteiger partial charge < -0.3 is 43.9 Å². The van der Waals surface area contributed by atoms with Gasteiger partial charge in [0.1, 0.15) is 11.2 Å². The summed E-state index contributed by atoms with van der Waals surface area (Å²) in [5, 5.41) is 28.0. The summed E-state index contributed by atoms with van der Waals surface area (Å²) in [4.78, 5) is 52.1. The number of nitrogens with zero attached hydrogens (tertiary/aromatic N) is 3. The lowest BCUT2D eigenvalue weighted by molar-refractivity contribution is -0.291. The van der Waals surface area contributed by atoms with Gasteiger partial charge in [-0.05, 0) is 74.8 Å². The Kier molecular flexibility index (Phi) is 9.56. The van der Waals surface area contributed by atoms with Crippen molar-refractivity contribution in [2.75, 3.05) is 66.0 Å². The van der Waals surface area contributed by atoms with Crippen molar-refractivity contribution in [2.45, 2.75) is 93.1 Å². The second-order valence-electron chi connectivity index (χ2n) is 18.4. The fraction of sp³-hybridized carbons (Fsp3) is 0.587. The van der Waals surface area contributed by atoms with Crippen molar-refractivity contribution >= 4 is 34.5 Å². The summed E-state index contributed by atoms with van der Waals surface area (Å²) < 4.78 is 54.2. The molecule has 1 spiro atoms. The lowest BCUT2D eigenvalue weighted by atomic mass is 9.46. The van der Waals surface area contributed by atoms with E-state index in [1.165, 1.54) is 26.0 Å². The molecule has 6 aliphatic rings. The number of carbonyl (C=O) groups is 3. The second kappa shape index (κ2) is 14.0. The average molecular weight is 847 g/mol. The number of likely N-dealkylation sites (N-methyl/N-ethyl adjacent to an activating group) is 1. The highest BCUT2D eigenvalue weighted by Crippen LogP contribution is 2.71. The summed E-state index contributed by atoms with van der Waals surface area (Å²) in [5.74, 6) is -6.59. The molecule has 9 rings (SSSR count). The third-order valence-electron chi connectivity index (χ3n) is 15.8. The van der Waals surface area contributed by atoms with Crippen LogP contribution in [0.1, 0.15) is 68.8 Å². The van der Waals surface area contributed by atoms with Crippen LogP contribution in [0.2, 0.25) is 0 Å². The molecular weight excluding hydrogens is 791 g/mol. The molecule has 0 amide bonds. The topological polar surface area (TPSA) is 154 Å². The summed E-state index contributed by atoms with van der Waals surface area (Å²) in [5.41, 5.74) is -6.10. The number of benzene rings is 2. The van der Waals surface area contributed by atoms with Gasteiger partial charge in [0, 0.05) is 91.4 Å². The monoisotopic (exact) mass is 846 g/mol. The Bertz CT molecular complexity index is 2350. The van der Waals surface area contributed by atoms with E-state index in [1.807, 2.05) is 49.4 Å². The summed E-state index contributed by atoms with van der Waals surface area (Å²) in [7, 11) is 5.51. The van der Waals surface area contributed by atoms with Crippen LogP contribution in [-0.2, 0) is 45.8 Å². The van der Waals surface area contributed by atoms with E-state index in [9.17, 15) is 19.8 Å². The summed E-state index contributed by atoms with van der Waals surface area (Å²) in [6.45, 7) is 6.21. The van der Waals surface area contributed by atoms with E-state index < -0.39 is 75.4 Å². The number of nitrogens with one attached hydrogen (secondary N) is 1. The van der Waals surface area contributed by atoms with E-state index in [4.69, 9.17) is 18.9 Å². The predicted octanol–water partition coefficient (Wildman–Crippen LogP) is 4.44. The number of hydrogen-bond acceptors (Lipinski definition) is 12. The first-order valence-electron chi connectivity index (χ1n) is 21.3. The van der Waals surface area contributed by atoms with Crippen LogP contribution in [0.15, 0.2) is 48.6 Å². The molecule has 1 aromatic heterocycles. The Morgan fingerprint density at radius 2 is 1.75 bits per heavy atom. The fourth-order valence-corrected chi connectivity index (χ4v) is 13.4. The number of aromatic amines is 1. The van der Waals surface area contributed by atoms with Gasteiger partial charge in [0.25, 0.3) is 0 Å². The number of fused-ring (bicyclic) bond motifs is 6. The number of methoxy groups -OCH3 is 3. The normalized spacial score (nSPS) is 36.4. The van der Waals surface area contributed by atoms with Crippen molar-refractivity contribution in [1.82, 2.24) is 14.8 Å². The molecule has 2 saturated heterocycles. The quantitative estimate of drug-likeness (QED) is 0.175. The van der Waals surface area contributed by atoms with Gasteiger partial charge in [-0.15, -0.1) is 0 Å². The average Bonchev–Trinajstić information content (AvgIpc) is 3.89. The van der Waals surface area contributed by atoms with E-state index in [0.29, 0.717) is 61.5 Å². The molecule has 2 aromatic carbocycles. The maximum absolute atomic E-state index is 15.4. The Labute approximate surface area is 353 Å². The number of ether oxygens (including phenoxy) is 4. The second-order valence-corrected chi connectivity index (χ2v) is 18.4. The minimum atomic E-state index is -2.96. The Morgan fingerprint density at radius 1 is 1.02 bits per heavy atom. The molecule has 1 saturated carbocycles. The van der Waals surface area contributed by atoms with Crippen LogP contribution in [0.25, 0.3) is 10.9 Å². The number of H-pyrrole nitrogens is 1. The molecule has 3 aromatic rings. The third kappa shape index (κ3) is 5.20. The molecule has 4 unspecified atom stereocenters. The van der Waals surface area contributed by atoms with Crippen molar-refractivity contribution in [3.05, 3.63) is 70.9 Å². The lowest BCUT2D eigenvalue weighted by Crippen LogP contribution is -2.87. The number of carbonyl (C=O) groups excluding carboxylic acids is 3. The van der Waals surface area contributed by atoms with Crippen molar-refractivity contribution in [3.63, 3.8) is 0 Å². The minimum absolute atomic E-state index is 0.0860.